The molecule has 0 spiro atoms. The molecule has 0 aliphatic carbocycles. The van der Waals surface area contributed by atoms with Gasteiger partial charge in [-0.25, -0.2) is 0 Å². The molecule has 2 nitrogen and oxygen atoms in total. The minimum Gasteiger partial charge on any atom is -0.319 e. The van der Waals surface area contributed by atoms with Gasteiger partial charge < -0.3 is 9.55 Å². The molecule has 1 atom stereocenters. The molecule has 0 radical (unpaired) electrons. The fraction of sp³-hybridized carbons (Fsp3) is 0. The van der Waals surface area contributed by atoms with Crippen LogP contribution in [0.5, 0.6) is 0 Å². The zero-order valence-corrected chi connectivity index (χ0v) is 14.1. The van der Waals surface area contributed by atoms with E-state index in [1.165, 1.54) is 0 Å². The van der Waals surface area contributed by atoms with Gasteiger partial charge in [-0.05, 0) is 17.1 Å². The predicted molar refractivity (Wildman–Crippen MR) is 81.5 cm³/mol. The van der Waals surface area contributed by atoms with Gasteiger partial charge in [0.25, 0.3) is 0 Å². The van der Waals surface area contributed by atoms with Gasteiger partial charge in [-0.1, -0.05) is 41.7 Å². The summed E-state index contributed by atoms with van der Waals surface area (Å²) in [6.07, 6.45) is 1.74. The first-order chi connectivity index (χ1) is 9.82. The van der Waals surface area contributed by atoms with Crippen LogP contribution in [0, 0.1) is 6.07 Å². The molecule has 1 unspecified atom stereocenters. The number of aromatic nitrogens is 1. The van der Waals surface area contributed by atoms with E-state index in [9.17, 15) is 4.57 Å². The summed E-state index contributed by atoms with van der Waals surface area (Å²) in [5, 5.41) is 2.52. The smallest absolute Gasteiger partial charge is 0.127 e. The fourth-order valence-corrected chi connectivity index (χ4v) is 5.72. The molecule has 4 heteroatoms. The molecule has 0 saturated carbocycles. The van der Waals surface area contributed by atoms with Crippen LogP contribution >= 0.6 is 7.14 Å². The summed E-state index contributed by atoms with van der Waals surface area (Å²) in [5.74, 6) is 0. The van der Waals surface area contributed by atoms with Gasteiger partial charge in [-0.3, -0.25) is 0 Å². The summed E-state index contributed by atoms with van der Waals surface area (Å²) < 4.78 is 13.8. The quantitative estimate of drug-likeness (QED) is 0.316. The van der Waals surface area contributed by atoms with Crippen molar-refractivity contribution in [1.29, 1.82) is 0 Å². The minimum absolute atomic E-state index is 0. The van der Waals surface area contributed by atoms with Crippen LogP contribution in [0.25, 0.3) is 11.3 Å². The van der Waals surface area contributed by atoms with Crippen molar-refractivity contribution >= 4 is 23.1 Å². The second-order valence-electron chi connectivity index (χ2n) is 4.75. The number of hydrogen-bond donors (Lipinski definition) is 0. The van der Waals surface area contributed by atoms with Crippen LogP contribution in [0.4, 0.5) is 0 Å². The zero-order chi connectivity index (χ0) is 13.6. The largest absolute Gasteiger partial charge is 0.319 e. The van der Waals surface area contributed by atoms with E-state index >= 15 is 0 Å². The van der Waals surface area contributed by atoms with Crippen molar-refractivity contribution < 1.29 is 25.6 Å². The number of pyridine rings is 1. The summed E-state index contributed by atoms with van der Waals surface area (Å²) in [7, 11) is -2.80. The van der Waals surface area contributed by atoms with Crippen LogP contribution in [0.2, 0.25) is 0 Å². The Hall–Kier alpha value is -1.49. The van der Waals surface area contributed by atoms with Gasteiger partial charge >= 0.3 is 0 Å². The van der Waals surface area contributed by atoms with E-state index < -0.39 is 7.14 Å². The van der Waals surface area contributed by atoms with Crippen LogP contribution in [0.3, 0.4) is 0 Å². The van der Waals surface area contributed by atoms with Gasteiger partial charge in [-0.2, -0.15) is 0 Å². The standard InChI is InChI=1S/C17H11NOP.Pt/c19-20(13-7-2-1-3-8-13)15-10-5-4-9-14(15)17-16(20)11-6-12-18-17;/h1-8,10-12H;/q-1;. The average molecular weight is 471 g/mol. The fourth-order valence-electron chi connectivity index (χ4n) is 2.77. The molecule has 1 aromatic heterocycles. The summed E-state index contributed by atoms with van der Waals surface area (Å²) in [4.78, 5) is 4.42. The molecule has 4 rings (SSSR count). The van der Waals surface area contributed by atoms with Crippen LogP contribution in [0.15, 0.2) is 66.9 Å². The van der Waals surface area contributed by atoms with Crippen molar-refractivity contribution in [3.8, 4) is 11.3 Å². The number of rotatable bonds is 1. The molecule has 21 heavy (non-hydrogen) atoms. The minimum atomic E-state index is -2.80. The Morgan fingerprint density at radius 1 is 0.905 bits per heavy atom. The molecule has 1 aliphatic rings. The molecule has 106 valence electrons. The Balaban J connectivity index is 0.00000132. The Bertz CT molecular complexity index is 799. The third-order valence-corrected chi connectivity index (χ3v) is 6.77. The van der Waals surface area contributed by atoms with Crippen molar-refractivity contribution in [1.82, 2.24) is 4.98 Å². The zero-order valence-electron chi connectivity index (χ0n) is 11.0. The van der Waals surface area contributed by atoms with E-state index in [0.717, 1.165) is 27.2 Å². The van der Waals surface area contributed by atoms with Crippen LogP contribution in [-0.4, -0.2) is 4.98 Å². The first-order valence-corrected chi connectivity index (χ1v) is 8.15. The summed E-state index contributed by atoms with van der Waals surface area (Å²) in [5.41, 5.74) is 1.67. The number of benzene rings is 2. The molecular weight excluding hydrogens is 460 g/mol. The molecule has 0 N–H and O–H groups in total. The van der Waals surface area contributed by atoms with Gasteiger partial charge in [0.2, 0.25) is 0 Å². The third kappa shape index (κ3) is 1.98. The van der Waals surface area contributed by atoms with Crippen molar-refractivity contribution in [2.24, 2.45) is 0 Å². The maximum absolute atomic E-state index is 13.8. The van der Waals surface area contributed by atoms with Gasteiger partial charge in [0.05, 0.1) is 0 Å². The molecular formula is C17H11NOPPt-. The first kappa shape index (κ1) is 14.4. The second-order valence-corrected chi connectivity index (χ2v) is 7.44. The molecule has 2 aromatic carbocycles. The van der Waals surface area contributed by atoms with E-state index in [-0.39, 0.29) is 21.1 Å². The first-order valence-electron chi connectivity index (χ1n) is 6.45. The van der Waals surface area contributed by atoms with Crippen molar-refractivity contribution in [3.05, 3.63) is 72.9 Å². The topological polar surface area (TPSA) is 30.0 Å². The third-order valence-electron chi connectivity index (χ3n) is 3.66. The maximum Gasteiger partial charge on any atom is 0.127 e. The van der Waals surface area contributed by atoms with E-state index in [0.29, 0.717) is 0 Å². The van der Waals surface area contributed by atoms with Crippen molar-refractivity contribution in [2.75, 3.05) is 0 Å². The Morgan fingerprint density at radius 2 is 1.67 bits per heavy atom. The number of fused-ring (bicyclic) bond motifs is 3. The summed E-state index contributed by atoms with van der Waals surface area (Å²) >= 11 is 0. The van der Waals surface area contributed by atoms with Gasteiger partial charge in [0, 0.05) is 32.6 Å². The van der Waals surface area contributed by atoms with Crippen LogP contribution < -0.4 is 15.9 Å². The maximum atomic E-state index is 13.8. The monoisotopic (exact) mass is 471 g/mol. The SMILES string of the molecule is O=P1(c2ccccc2)c2ccc[c-]c2-c2ncccc21.[Pt]. The molecule has 0 saturated heterocycles. The van der Waals surface area contributed by atoms with E-state index in [1.807, 2.05) is 60.7 Å². The van der Waals surface area contributed by atoms with Gasteiger partial charge in [0.15, 0.2) is 0 Å². The number of hydrogen-bond acceptors (Lipinski definition) is 2. The second kappa shape index (κ2) is 5.37. The molecule has 0 fully saturated rings. The molecule has 1 aliphatic heterocycles. The molecule has 0 bridgehead atoms. The van der Waals surface area contributed by atoms with Crippen LogP contribution in [0.1, 0.15) is 0 Å². The van der Waals surface area contributed by atoms with Crippen molar-refractivity contribution in [2.45, 2.75) is 0 Å². The predicted octanol–water partition coefficient (Wildman–Crippen LogP) is 2.50. The van der Waals surface area contributed by atoms with Gasteiger partial charge in [0.1, 0.15) is 7.14 Å². The van der Waals surface area contributed by atoms with E-state index in [4.69, 9.17) is 0 Å². The molecule has 0 amide bonds. The number of nitrogens with zero attached hydrogens (tertiary/aromatic N) is 1. The Labute approximate surface area is 137 Å². The Morgan fingerprint density at radius 3 is 2.48 bits per heavy atom. The average Bonchev–Trinajstić information content (AvgIpc) is 2.80. The summed E-state index contributed by atoms with van der Waals surface area (Å²) in [6.45, 7) is 0. The molecule has 2 heterocycles. The van der Waals surface area contributed by atoms with Crippen LogP contribution in [-0.2, 0) is 25.6 Å². The molecule has 3 aromatic rings. The van der Waals surface area contributed by atoms with Gasteiger partial charge in [-0.15, -0.1) is 29.8 Å². The van der Waals surface area contributed by atoms with Crippen molar-refractivity contribution in [3.63, 3.8) is 0 Å². The normalized spacial score (nSPS) is 18.5. The Kier molecular flexibility index (Phi) is 3.69. The van der Waals surface area contributed by atoms with E-state index in [1.54, 1.807) is 6.20 Å². The van der Waals surface area contributed by atoms with E-state index in [2.05, 4.69) is 11.1 Å². The summed E-state index contributed by atoms with van der Waals surface area (Å²) in [6, 6.07) is 22.3.